The van der Waals surface area contributed by atoms with Crippen LogP contribution in [0.5, 0.6) is 5.75 Å². The lowest BCUT2D eigenvalue weighted by molar-refractivity contribution is -0.115. The van der Waals surface area contributed by atoms with Crippen molar-refractivity contribution in [2.75, 3.05) is 12.4 Å². The van der Waals surface area contributed by atoms with Gasteiger partial charge in [-0.15, -0.1) is 5.10 Å². The molecule has 0 saturated heterocycles. The summed E-state index contributed by atoms with van der Waals surface area (Å²) in [6.07, 6.45) is 0. The minimum Gasteiger partial charge on any atom is -0.497 e. The van der Waals surface area contributed by atoms with Gasteiger partial charge in [0.05, 0.1) is 13.2 Å². The van der Waals surface area contributed by atoms with Gasteiger partial charge in [0.15, 0.2) is 0 Å². The van der Waals surface area contributed by atoms with Crippen LogP contribution in [0.4, 0.5) is 5.69 Å². The van der Waals surface area contributed by atoms with E-state index in [0.717, 1.165) is 11.3 Å². The second-order valence-electron chi connectivity index (χ2n) is 6.13. The smallest absolute Gasteiger partial charge is 0.242 e. The highest BCUT2D eigenvalue weighted by atomic mass is 32.2. The first-order valence-corrected chi connectivity index (χ1v) is 9.41. The number of thioether (sulfide) groups is 1. The molecular weight excluding hydrogens is 362 g/mol. The predicted molar refractivity (Wildman–Crippen MR) is 105 cm³/mol. The van der Waals surface area contributed by atoms with Gasteiger partial charge in [0.25, 0.3) is 0 Å². The molecule has 1 aromatic heterocycles. The molecule has 1 heterocycles. The van der Waals surface area contributed by atoms with Crippen molar-refractivity contribution in [3.63, 3.8) is 0 Å². The van der Waals surface area contributed by atoms with Crippen molar-refractivity contribution in [1.82, 2.24) is 20.2 Å². The van der Waals surface area contributed by atoms with Gasteiger partial charge in [-0.25, -0.2) is 4.68 Å². The van der Waals surface area contributed by atoms with Crippen LogP contribution in [0.3, 0.4) is 0 Å². The number of benzene rings is 2. The Hall–Kier alpha value is -2.87. The maximum Gasteiger partial charge on any atom is 0.242 e. The fourth-order valence-electron chi connectivity index (χ4n) is 2.48. The van der Waals surface area contributed by atoms with Gasteiger partial charge >= 0.3 is 0 Å². The Kier molecular flexibility index (Phi) is 6.08. The van der Waals surface area contributed by atoms with Crippen LogP contribution in [-0.4, -0.2) is 33.2 Å². The number of methoxy groups -OCH3 is 1. The number of carbonyl (C=O) groups is 1. The topological polar surface area (TPSA) is 81.9 Å². The van der Waals surface area contributed by atoms with Crippen molar-refractivity contribution in [3.05, 3.63) is 60.2 Å². The third kappa shape index (κ3) is 4.65. The van der Waals surface area contributed by atoms with Crippen LogP contribution >= 0.6 is 11.8 Å². The molecule has 1 amide bonds. The van der Waals surface area contributed by atoms with Crippen molar-refractivity contribution in [1.29, 1.82) is 0 Å². The van der Waals surface area contributed by atoms with E-state index in [-0.39, 0.29) is 11.9 Å². The zero-order valence-electron chi connectivity index (χ0n) is 15.4. The van der Waals surface area contributed by atoms with E-state index in [4.69, 9.17) is 4.74 Å². The van der Waals surface area contributed by atoms with E-state index in [1.165, 1.54) is 11.8 Å². The highest BCUT2D eigenvalue weighted by molar-refractivity contribution is 8.00. The summed E-state index contributed by atoms with van der Waals surface area (Å²) in [7, 11) is 1.61. The van der Waals surface area contributed by atoms with Gasteiger partial charge in [-0.05, 0) is 54.1 Å². The zero-order valence-corrected chi connectivity index (χ0v) is 16.2. The van der Waals surface area contributed by atoms with Gasteiger partial charge < -0.3 is 10.1 Å². The van der Waals surface area contributed by atoms with E-state index >= 15 is 0 Å². The Morgan fingerprint density at radius 2 is 1.81 bits per heavy atom. The molecular formula is C19H21N5O2S. The first-order valence-electron chi connectivity index (χ1n) is 8.53. The van der Waals surface area contributed by atoms with E-state index in [1.807, 2.05) is 56.3 Å². The lowest BCUT2D eigenvalue weighted by atomic mass is 10.1. The molecule has 140 valence electrons. The molecule has 0 saturated carbocycles. The van der Waals surface area contributed by atoms with Crippen molar-refractivity contribution >= 4 is 23.4 Å². The average Bonchev–Trinajstić information content (AvgIpc) is 3.16. The van der Waals surface area contributed by atoms with Gasteiger partial charge in [0.2, 0.25) is 11.1 Å². The van der Waals surface area contributed by atoms with Crippen LogP contribution in [0.1, 0.15) is 30.7 Å². The number of ether oxygens (including phenoxy) is 1. The van der Waals surface area contributed by atoms with Crippen molar-refractivity contribution in [3.8, 4) is 5.75 Å². The molecule has 0 aliphatic rings. The number of tetrazole rings is 1. The van der Waals surface area contributed by atoms with Crippen molar-refractivity contribution in [2.24, 2.45) is 0 Å². The minimum atomic E-state index is -0.489. The number of nitrogens with zero attached hydrogens (tertiary/aromatic N) is 4. The second-order valence-corrected chi connectivity index (χ2v) is 7.20. The Morgan fingerprint density at radius 3 is 2.44 bits per heavy atom. The van der Waals surface area contributed by atoms with Gasteiger partial charge in [0, 0.05) is 5.69 Å². The zero-order chi connectivity index (χ0) is 19.2. The first kappa shape index (κ1) is 18.9. The van der Waals surface area contributed by atoms with Crippen LogP contribution in [0, 0.1) is 0 Å². The summed E-state index contributed by atoms with van der Waals surface area (Å²) in [4.78, 5) is 13.0. The van der Waals surface area contributed by atoms with E-state index < -0.39 is 5.25 Å². The quantitative estimate of drug-likeness (QED) is 0.626. The highest BCUT2D eigenvalue weighted by Gasteiger charge is 2.25. The van der Waals surface area contributed by atoms with Gasteiger partial charge in [-0.2, -0.15) is 0 Å². The van der Waals surface area contributed by atoms with Crippen LogP contribution in [0.2, 0.25) is 0 Å². The average molecular weight is 383 g/mol. The number of rotatable bonds is 7. The maximum atomic E-state index is 13.0. The van der Waals surface area contributed by atoms with Gasteiger partial charge in [0.1, 0.15) is 11.0 Å². The fourth-order valence-corrected chi connectivity index (χ4v) is 3.58. The van der Waals surface area contributed by atoms with Crippen molar-refractivity contribution in [2.45, 2.75) is 30.3 Å². The monoisotopic (exact) mass is 383 g/mol. The van der Waals surface area contributed by atoms with Crippen LogP contribution in [0.25, 0.3) is 0 Å². The molecule has 2 aromatic carbocycles. The number of carbonyl (C=O) groups excluding carboxylic acids is 1. The Balaban J connectivity index is 1.85. The number of hydrogen-bond donors (Lipinski definition) is 1. The molecule has 3 rings (SSSR count). The molecule has 27 heavy (non-hydrogen) atoms. The molecule has 0 radical (unpaired) electrons. The standard InChI is InChI=1S/C19H21N5O2S/c1-13(2)24-19(21-22-23-24)27-17(14-7-5-4-6-8-14)18(25)20-15-9-11-16(26-3)12-10-15/h4-13,17H,1-3H3,(H,20,25). The van der Waals surface area contributed by atoms with E-state index in [2.05, 4.69) is 20.8 Å². The van der Waals surface area contributed by atoms with E-state index in [9.17, 15) is 4.79 Å². The molecule has 0 spiro atoms. The molecule has 1 atom stereocenters. The number of nitrogens with one attached hydrogen (secondary N) is 1. The highest BCUT2D eigenvalue weighted by Crippen LogP contribution is 2.35. The molecule has 0 bridgehead atoms. The largest absolute Gasteiger partial charge is 0.497 e. The maximum absolute atomic E-state index is 13.0. The lowest BCUT2D eigenvalue weighted by Crippen LogP contribution is -2.19. The summed E-state index contributed by atoms with van der Waals surface area (Å²) >= 11 is 1.33. The second kappa shape index (κ2) is 8.68. The van der Waals surface area contributed by atoms with Gasteiger partial charge in [-0.1, -0.05) is 42.1 Å². The van der Waals surface area contributed by atoms with E-state index in [0.29, 0.717) is 10.8 Å². The predicted octanol–water partition coefficient (Wildman–Crippen LogP) is 3.73. The molecule has 1 N–H and O–H groups in total. The third-order valence-corrected chi connectivity index (χ3v) is 5.07. The molecule has 1 unspecified atom stereocenters. The molecule has 8 heteroatoms. The van der Waals surface area contributed by atoms with Crippen LogP contribution in [0.15, 0.2) is 59.8 Å². The molecule has 7 nitrogen and oxygen atoms in total. The van der Waals surface area contributed by atoms with Crippen LogP contribution < -0.4 is 10.1 Å². The number of anilines is 1. The number of hydrogen-bond acceptors (Lipinski definition) is 6. The molecule has 0 aliphatic heterocycles. The summed E-state index contributed by atoms with van der Waals surface area (Å²) in [5, 5.41) is 14.9. The minimum absolute atomic E-state index is 0.101. The number of aromatic nitrogens is 4. The molecule has 3 aromatic rings. The van der Waals surface area contributed by atoms with Crippen LogP contribution in [-0.2, 0) is 4.79 Å². The number of amides is 1. The molecule has 0 aliphatic carbocycles. The Labute approximate surface area is 162 Å². The fraction of sp³-hybridized carbons (Fsp3) is 0.263. The van der Waals surface area contributed by atoms with E-state index in [1.54, 1.807) is 23.9 Å². The summed E-state index contributed by atoms with van der Waals surface area (Å²) in [6, 6.07) is 16.9. The summed E-state index contributed by atoms with van der Waals surface area (Å²) in [5.41, 5.74) is 1.58. The first-order chi connectivity index (χ1) is 13.1. The lowest BCUT2D eigenvalue weighted by Gasteiger charge is -2.17. The third-order valence-electron chi connectivity index (χ3n) is 3.87. The van der Waals surface area contributed by atoms with Crippen molar-refractivity contribution < 1.29 is 9.53 Å². The van der Waals surface area contributed by atoms with Gasteiger partial charge in [-0.3, -0.25) is 4.79 Å². The normalized spacial score (nSPS) is 12.0. The Bertz CT molecular complexity index is 881. The molecule has 0 fully saturated rings. The summed E-state index contributed by atoms with van der Waals surface area (Å²) in [6.45, 7) is 3.99. The SMILES string of the molecule is COc1ccc(NC(=O)C(Sc2nnnn2C(C)C)c2ccccc2)cc1. The summed E-state index contributed by atoms with van der Waals surface area (Å²) < 4.78 is 6.86. The Morgan fingerprint density at radius 1 is 1.11 bits per heavy atom. The summed E-state index contributed by atoms with van der Waals surface area (Å²) in [5.74, 6) is 0.591.